The SMILES string of the molecule is Cc1noc(N2CC3CCC2CC3N2CC3C(C2)C3C(=O)NC2(C(F)(F)F)CCC2)n1. The van der Waals surface area contributed by atoms with Gasteiger partial charge in [-0.05, 0) is 63.2 Å². The summed E-state index contributed by atoms with van der Waals surface area (Å²) in [7, 11) is 0. The molecule has 1 aromatic rings. The molecule has 5 atom stereocenters. The Morgan fingerprint density at radius 2 is 1.94 bits per heavy atom. The number of carbonyl (C=O) groups is 1. The smallest absolute Gasteiger partial charge is 0.342 e. The molecule has 7 rings (SSSR count). The number of piperidine rings is 3. The summed E-state index contributed by atoms with van der Waals surface area (Å²) < 4.78 is 45.6. The first-order chi connectivity index (χ1) is 14.8. The molecule has 4 heterocycles. The van der Waals surface area contributed by atoms with Crippen LogP contribution in [0.5, 0.6) is 0 Å². The highest BCUT2D eigenvalue weighted by Crippen LogP contribution is 2.55. The van der Waals surface area contributed by atoms with Gasteiger partial charge in [0, 0.05) is 37.6 Å². The molecule has 3 aliphatic heterocycles. The fraction of sp³-hybridized carbons (Fsp3) is 0.857. The van der Waals surface area contributed by atoms with E-state index in [0.29, 0.717) is 36.3 Å². The molecule has 2 bridgehead atoms. The maximum Gasteiger partial charge on any atom is 0.411 e. The molecule has 1 aromatic heterocycles. The molecule has 1 N–H and O–H groups in total. The van der Waals surface area contributed by atoms with Crippen LogP contribution in [0.1, 0.15) is 44.3 Å². The third-order valence-corrected chi connectivity index (χ3v) is 8.67. The van der Waals surface area contributed by atoms with Gasteiger partial charge in [-0.25, -0.2) is 0 Å². The lowest BCUT2D eigenvalue weighted by atomic mass is 9.75. The molecule has 0 radical (unpaired) electrons. The molecule has 10 heteroatoms. The van der Waals surface area contributed by atoms with E-state index in [1.807, 2.05) is 6.92 Å². The summed E-state index contributed by atoms with van der Waals surface area (Å²) in [5.74, 6) is 0.960. The number of fused-ring (bicyclic) bond motifs is 4. The summed E-state index contributed by atoms with van der Waals surface area (Å²) in [5.41, 5.74) is -1.97. The average Bonchev–Trinajstić information content (AvgIpc) is 3.02. The first kappa shape index (κ1) is 19.8. The molecule has 0 aromatic carbocycles. The molecule has 3 aliphatic carbocycles. The number of aryl methyl sites for hydroxylation is 1. The van der Waals surface area contributed by atoms with E-state index in [1.54, 1.807) is 0 Å². The van der Waals surface area contributed by atoms with E-state index >= 15 is 0 Å². The Hall–Kier alpha value is -1.84. The summed E-state index contributed by atoms with van der Waals surface area (Å²) in [6, 6.07) is 1.47. The second-order valence-electron chi connectivity index (χ2n) is 10.3. The molecule has 31 heavy (non-hydrogen) atoms. The number of amides is 1. The van der Waals surface area contributed by atoms with Gasteiger partial charge in [-0.3, -0.25) is 9.69 Å². The van der Waals surface area contributed by atoms with Crippen molar-refractivity contribution in [3.63, 3.8) is 0 Å². The van der Waals surface area contributed by atoms with Crippen molar-refractivity contribution < 1.29 is 22.5 Å². The summed E-state index contributed by atoms with van der Waals surface area (Å²) in [6.07, 6.45) is -0.484. The molecule has 170 valence electrons. The van der Waals surface area contributed by atoms with Gasteiger partial charge >= 0.3 is 12.2 Å². The maximum atomic E-state index is 13.4. The van der Waals surface area contributed by atoms with Gasteiger partial charge in [0.2, 0.25) is 5.91 Å². The van der Waals surface area contributed by atoms with E-state index in [-0.39, 0.29) is 36.5 Å². The van der Waals surface area contributed by atoms with Crippen LogP contribution < -0.4 is 10.2 Å². The van der Waals surface area contributed by atoms with Gasteiger partial charge in [-0.2, -0.15) is 18.2 Å². The average molecular weight is 439 g/mol. The number of halogens is 3. The molecule has 3 saturated carbocycles. The van der Waals surface area contributed by atoms with Crippen molar-refractivity contribution in [2.24, 2.45) is 23.7 Å². The Morgan fingerprint density at radius 3 is 2.45 bits per heavy atom. The van der Waals surface area contributed by atoms with Gasteiger partial charge in [0.15, 0.2) is 5.82 Å². The quantitative estimate of drug-likeness (QED) is 0.777. The van der Waals surface area contributed by atoms with Gasteiger partial charge in [0.1, 0.15) is 5.54 Å². The zero-order chi connectivity index (χ0) is 21.5. The van der Waals surface area contributed by atoms with Gasteiger partial charge < -0.3 is 14.7 Å². The molecule has 7 nitrogen and oxygen atoms in total. The van der Waals surface area contributed by atoms with E-state index in [4.69, 9.17) is 4.52 Å². The summed E-state index contributed by atoms with van der Waals surface area (Å²) >= 11 is 0. The van der Waals surface area contributed by atoms with Crippen molar-refractivity contribution in [3.05, 3.63) is 5.82 Å². The number of carbonyl (C=O) groups excluding carboxylic acids is 1. The van der Waals surface area contributed by atoms with Gasteiger partial charge in [-0.15, -0.1) is 0 Å². The minimum atomic E-state index is -4.36. The van der Waals surface area contributed by atoms with Crippen LogP contribution in [0.15, 0.2) is 4.52 Å². The van der Waals surface area contributed by atoms with Crippen molar-refractivity contribution >= 4 is 11.9 Å². The minimum Gasteiger partial charge on any atom is -0.342 e. The molecule has 5 unspecified atom stereocenters. The fourth-order valence-corrected chi connectivity index (χ4v) is 6.72. The van der Waals surface area contributed by atoms with Crippen molar-refractivity contribution in [1.29, 1.82) is 0 Å². The van der Waals surface area contributed by atoms with Crippen molar-refractivity contribution in [2.45, 2.75) is 69.2 Å². The number of nitrogens with one attached hydrogen (secondary N) is 1. The fourth-order valence-electron chi connectivity index (χ4n) is 6.72. The normalized spacial score (nSPS) is 38.6. The van der Waals surface area contributed by atoms with Crippen molar-refractivity contribution in [2.75, 3.05) is 24.5 Å². The zero-order valence-electron chi connectivity index (χ0n) is 17.6. The summed E-state index contributed by atoms with van der Waals surface area (Å²) in [4.78, 5) is 21.8. The lowest BCUT2D eigenvalue weighted by Crippen LogP contribution is -2.63. The van der Waals surface area contributed by atoms with E-state index in [0.717, 1.165) is 32.5 Å². The third kappa shape index (κ3) is 3.00. The van der Waals surface area contributed by atoms with Gasteiger partial charge in [0.25, 0.3) is 0 Å². The number of nitrogens with zero attached hydrogens (tertiary/aromatic N) is 4. The van der Waals surface area contributed by atoms with E-state index < -0.39 is 11.7 Å². The monoisotopic (exact) mass is 439 g/mol. The number of hydrogen-bond acceptors (Lipinski definition) is 6. The minimum absolute atomic E-state index is 0.0115. The summed E-state index contributed by atoms with van der Waals surface area (Å²) in [5, 5.41) is 6.31. The molecular formula is C21H28F3N5O2. The third-order valence-electron chi connectivity index (χ3n) is 8.67. The van der Waals surface area contributed by atoms with Crippen LogP contribution in [0.4, 0.5) is 19.2 Å². The number of hydrogen-bond donors (Lipinski definition) is 1. The Kier molecular flexibility index (Phi) is 4.21. The number of alkyl halides is 3. The van der Waals surface area contributed by atoms with Crippen LogP contribution >= 0.6 is 0 Å². The van der Waals surface area contributed by atoms with E-state index in [9.17, 15) is 18.0 Å². The van der Waals surface area contributed by atoms with Crippen molar-refractivity contribution in [3.8, 4) is 0 Å². The topological polar surface area (TPSA) is 74.5 Å². The summed E-state index contributed by atoms with van der Waals surface area (Å²) in [6.45, 7) is 4.38. The van der Waals surface area contributed by atoms with Crippen LogP contribution in [0.25, 0.3) is 0 Å². The first-order valence-electron chi connectivity index (χ1n) is 11.5. The Morgan fingerprint density at radius 1 is 1.19 bits per heavy atom. The number of rotatable bonds is 4. The second kappa shape index (κ2) is 6.59. The second-order valence-corrected chi connectivity index (χ2v) is 10.3. The largest absolute Gasteiger partial charge is 0.411 e. The van der Waals surface area contributed by atoms with Crippen LogP contribution in [0.3, 0.4) is 0 Å². The number of anilines is 1. The molecule has 1 amide bonds. The Balaban J connectivity index is 1.06. The predicted octanol–water partition coefficient (Wildman–Crippen LogP) is 2.51. The highest BCUT2D eigenvalue weighted by atomic mass is 19.4. The van der Waals surface area contributed by atoms with E-state index in [2.05, 4.69) is 25.3 Å². The maximum absolute atomic E-state index is 13.4. The van der Waals surface area contributed by atoms with Gasteiger partial charge in [-0.1, -0.05) is 5.16 Å². The molecule has 0 spiro atoms. The highest BCUT2D eigenvalue weighted by Gasteiger charge is 2.65. The van der Waals surface area contributed by atoms with Crippen molar-refractivity contribution in [1.82, 2.24) is 20.4 Å². The first-order valence-corrected chi connectivity index (χ1v) is 11.5. The standard InChI is InChI=1S/C21H28F3N5O2/c1-11-25-19(31-27-11)29-8-12-3-4-13(29)7-16(12)28-9-14-15(10-28)17(14)18(30)26-20(5-2-6-20)21(22,23)24/h12-17H,2-10H2,1H3,(H,26,30). The lowest BCUT2D eigenvalue weighted by molar-refractivity contribution is -0.219. The molecule has 3 saturated heterocycles. The van der Waals surface area contributed by atoms with Crippen LogP contribution in [-0.2, 0) is 4.79 Å². The van der Waals surface area contributed by atoms with Gasteiger partial charge in [0.05, 0.1) is 0 Å². The number of aromatic nitrogens is 2. The van der Waals surface area contributed by atoms with Crippen LogP contribution in [0, 0.1) is 30.6 Å². The molecule has 6 aliphatic rings. The zero-order valence-corrected chi connectivity index (χ0v) is 17.6. The van der Waals surface area contributed by atoms with Crippen LogP contribution in [-0.4, -0.2) is 64.4 Å². The van der Waals surface area contributed by atoms with Crippen LogP contribution in [0.2, 0.25) is 0 Å². The Bertz CT molecular complexity index is 873. The predicted molar refractivity (Wildman–Crippen MR) is 104 cm³/mol. The molecule has 6 fully saturated rings. The number of likely N-dealkylation sites (tertiary alicyclic amines) is 1. The van der Waals surface area contributed by atoms with E-state index in [1.165, 1.54) is 6.42 Å². The molecular weight excluding hydrogens is 411 g/mol. The Labute approximate surface area is 178 Å². The highest BCUT2D eigenvalue weighted by molar-refractivity contribution is 5.83. The lowest BCUT2D eigenvalue weighted by Gasteiger charge is -2.51.